The van der Waals surface area contributed by atoms with Crippen molar-refractivity contribution < 1.29 is 14.3 Å². The molecule has 0 radical (unpaired) electrons. The van der Waals surface area contributed by atoms with Gasteiger partial charge in [0.25, 0.3) is 0 Å². The molecule has 0 aliphatic rings. The molecule has 7 heteroatoms. The number of rotatable bonds is 12. The first-order chi connectivity index (χ1) is 17.4. The van der Waals surface area contributed by atoms with Gasteiger partial charge in [0.1, 0.15) is 11.8 Å². The first-order valence-electron chi connectivity index (χ1n) is 12.1. The summed E-state index contributed by atoms with van der Waals surface area (Å²) in [5, 5.41) is 3.99. The topological polar surface area (TPSA) is 58.6 Å². The Hall–Kier alpha value is -3.02. The normalized spacial score (nSPS) is 11.6. The van der Waals surface area contributed by atoms with Crippen LogP contribution in [-0.4, -0.2) is 36.4 Å². The Labute approximate surface area is 223 Å². The lowest BCUT2D eigenvalue weighted by molar-refractivity contribution is -0.140. The Kier molecular flexibility index (Phi) is 10.6. The van der Waals surface area contributed by atoms with Gasteiger partial charge in [-0.2, -0.15) is 0 Å². The fourth-order valence-electron chi connectivity index (χ4n) is 3.91. The average Bonchev–Trinajstić information content (AvgIpc) is 2.88. The zero-order chi connectivity index (χ0) is 25.9. The summed E-state index contributed by atoms with van der Waals surface area (Å²) in [7, 11) is 1.60. The second kappa shape index (κ2) is 13.9. The quantitative estimate of drug-likeness (QED) is 0.290. The number of amides is 2. The van der Waals surface area contributed by atoms with Gasteiger partial charge in [-0.15, -0.1) is 0 Å². The van der Waals surface area contributed by atoms with E-state index in [0.29, 0.717) is 28.8 Å². The summed E-state index contributed by atoms with van der Waals surface area (Å²) >= 11 is 12.6. The fraction of sp³-hybridized carbons (Fsp3) is 0.310. The molecular formula is C29H32Cl2N2O3. The van der Waals surface area contributed by atoms with E-state index < -0.39 is 6.04 Å². The van der Waals surface area contributed by atoms with E-state index in [0.717, 1.165) is 29.5 Å². The highest BCUT2D eigenvalue weighted by Crippen LogP contribution is 2.25. The first kappa shape index (κ1) is 27.6. The lowest BCUT2D eigenvalue weighted by atomic mass is 10.0. The molecule has 0 aromatic heterocycles. The predicted octanol–water partition coefficient (Wildman–Crippen LogP) is 6.10. The summed E-state index contributed by atoms with van der Waals surface area (Å²) in [5.41, 5.74) is 2.53. The van der Waals surface area contributed by atoms with Crippen molar-refractivity contribution >= 4 is 35.0 Å². The summed E-state index contributed by atoms with van der Waals surface area (Å²) in [5.74, 6) is 0.367. The second-order valence-corrected chi connectivity index (χ2v) is 9.48. The first-order valence-corrected chi connectivity index (χ1v) is 12.8. The Morgan fingerprint density at radius 1 is 0.972 bits per heavy atom. The molecule has 0 saturated carbocycles. The summed E-state index contributed by atoms with van der Waals surface area (Å²) in [6.45, 7) is 2.81. The maximum Gasteiger partial charge on any atom is 0.243 e. The van der Waals surface area contributed by atoms with Gasteiger partial charge >= 0.3 is 0 Å². The summed E-state index contributed by atoms with van der Waals surface area (Å²) in [6.07, 6.45) is 2.36. The number of methoxy groups -OCH3 is 1. The maximum atomic E-state index is 13.8. The van der Waals surface area contributed by atoms with Crippen molar-refractivity contribution in [2.75, 3.05) is 13.7 Å². The molecule has 3 aromatic carbocycles. The van der Waals surface area contributed by atoms with Gasteiger partial charge in [-0.25, -0.2) is 0 Å². The van der Waals surface area contributed by atoms with Crippen molar-refractivity contribution in [2.24, 2.45) is 0 Å². The zero-order valence-corrected chi connectivity index (χ0v) is 22.2. The number of nitrogens with zero attached hydrogens (tertiary/aromatic N) is 1. The summed E-state index contributed by atoms with van der Waals surface area (Å²) in [6, 6.07) is 21.6. The molecule has 0 heterocycles. The largest absolute Gasteiger partial charge is 0.497 e. The molecule has 0 unspecified atom stereocenters. The van der Waals surface area contributed by atoms with Crippen LogP contribution in [0.4, 0.5) is 0 Å². The van der Waals surface area contributed by atoms with E-state index in [1.807, 2.05) is 54.6 Å². The highest BCUT2D eigenvalue weighted by atomic mass is 35.5. The van der Waals surface area contributed by atoms with Crippen LogP contribution in [0.5, 0.6) is 5.75 Å². The molecule has 1 N–H and O–H groups in total. The van der Waals surface area contributed by atoms with Crippen LogP contribution in [0.1, 0.15) is 36.5 Å². The van der Waals surface area contributed by atoms with Crippen molar-refractivity contribution in [1.29, 1.82) is 0 Å². The van der Waals surface area contributed by atoms with Gasteiger partial charge in [0.15, 0.2) is 0 Å². The number of carbonyl (C=O) groups is 2. The Morgan fingerprint density at radius 2 is 1.69 bits per heavy atom. The third kappa shape index (κ3) is 8.00. The van der Waals surface area contributed by atoms with Crippen LogP contribution in [0.25, 0.3) is 0 Å². The van der Waals surface area contributed by atoms with E-state index in [1.165, 1.54) is 0 Å². The molecule has 2 amide bonds. The van der Waals surface area contributed by atoms with Crippen LogP contribution >= 0.6 is 23.2 Å². The van der Waals surface area contributed by atoms with Gasteiger partial charge in [-0.05, 0) is 47.4 Å². The van der Waals surface area contributed by atoms with Gasteiger partial charge in [0, 0.05) is 29.6 Å². The molecular weight excluding hydrogens is 495 g/mol. The second-order valence-electron chi connectivity index (χ2n) is 8.63. The summed E-state index contributed by atoms with van der Waals surface area (Å²) < 4.78 is 5.23. The molecule has 3 rings (SSSR count). The Balaban J connectivity index is 1.95. The van der Waals surface area contributed by atoms with Gasteiger partial charge in [0.2, 0.25) is 11.8 Å². The molecule has 0 spiro atoms. The van der Waals surface area contributed by atoms with E-state index >= 15 is 0 Å². The molecule has 5 nitrogen and oxygen atoms in total. The number of hydrogen-bond acceptors (Lipinski definition) is 3. The van der Waals surface area contributed by atoms with E-state index in [4.69, 9.17) is 27.9 Å². The molecule has 1 atom stereocenters. The smallest absolute Gasteiger partial charge is 0.243 e. The number of nitrogens with one attached hydrogen (secondary N) is 1. The highest BCUT2D eigenvalue weighted by Gasteiger charge is 2.30. The summed E-state index contributed by atoms with van der Waals surface area (Å²) in [4.78, 5) is 28.9. The van der Waals surface area contributed by atoms with Crippen LogP contribution in [-0.2, 0) is 29.0 Å². The molecule has 0 bridgehead atoms. The van der Waals surface area contributed by atoms with Crippen molar-refractivity contribution in [2.45, 2.75) is 45.2 Å². The molecule has 190 valence electrons. The maximum absolute atomic E-state index is 13.8. The standard InChI is InChI=1S/C29H32Cl2N2O3/c1-3-4-16-32-29(35)27(17-21-8-6-5-7-9-21)33(20-23-12-13-24(30)19-26(23)31)28(34)18-22-10-14-25(36-2)15-11-22/h5-15,19,27H,3-4,16-18,20H2,1-2H3,(H,32,35)/t27-/m1/s1. The highest BCUT2D eigenvalue weighted by molar-refractivity contribution is 6.35. The monoisotopic (exact) mass is 526 g/mol. The van der Waals surface area contributed by atoms with Gasteiger partial charge in [-0.1, -0.05) is 85.1 Å². The van der Waals surface area contributed by atoms with Gasteiger partial charge in [-0.3, -0.25) is 9.59 Å². The molecule has 0 fully saturated rings. The van der Waals surface area contributed by atoms with Gasteiger partial charge < -0.3 is 15.0 Å². The van der Waals surface area contributed by atoms with E-state index in [2.05, 4.69) is 12.2 Å². The zero-order valence-electron chi connectivity index (χ0n) is 20.7. The predicted molar refractivity (Wildman–Crippen MR) is 146 cm³/mol. The lowest BCUT2D eigenvalue weighted by Gasteiger charge is -2.32. The molecule has 0 aliphatic carbocycles. The number of carbonyl (C=O) groups excluding carboxylic acids is 2. The molecule has 36 heavy (non-hydrogen) atoms. The SMILES string of the molecule is CCCCNC(=O)[C@@H](Cc1ccccc1)N(Cc1ccc(Cl)cc1Cl)C(=O)Cc1ccc(OC)cc1. The average molecular weight is 527 g/mol. The van der Waals surface area contributed by atoms with E-state index in [1.54, 1.807) is 30.2 Å². The van der Waals surface area contributed by atoms with Crippen molar-refractivity contribution in [3.05, 3.63) is 99.5 Å². The van der Waals surface area contributed by atoms with Gasteiger partial charge in [0.05, 0.1) is 13.5 Å². The number of halogens is 2. The third-order valence-corrected chi connectivity index (χ3v) is 6.56. The Bertz CT molecular complexity index is 1140. The van der Waals surface area contributed by atoms with E-state index in [9.17, 15) is 9.59 Å². The van der Waals surface area contributed by atoms with Crippen molar-refractivity contribution in [1.82, 2.24) is 10.2 Å². The van der Waals surface area contributed by atoms with Crippen LogP contribution in [0.2, 0.25) is 10.0 Å². The lowest BCUT2D eigenvalue weighted by Crippen LogP contribution is -2.51. The minimum Gasteiger partial charge on any atom is -0.497 e. The minimum absolute atomic E-state index is 0.142. The van der Waals surface area contributed by atoms with Crippen molar-refractivity contribution in [3.8, 4) is 5.75 Å². The minimum atomic E-state index is -0.707. The Morgan fingerprint density at radius 3 is 2.33 bits per heavy atom. The van der Waals surface area contributed by atoms with E-state index in [-0.39, 0.29) is 24.8 Å². The molecule has 0 aliphatic heterocycles. The fourth-order valence-corrected chi connectivity index (χ4v) is 4.38. The van der Waals surface area contributed by atoms with Crippen LogP contribution < -0.4 is 10.1 Å². The molecule has 0 saturated heterocycles. The third-order valence-electron chi connectivity index (χ3n) is 5.97. The number of benzene rings is 3. The van der Waals surface area contributed by atoms with Crippen molar-refractivity contribution in [3.63, 3.8) is 0 Å². The number of hydrogen-bond donors (Lipinski definition) is 1. The number of ether oxygens (including phenoxy) is 1. The van der Waals surface area contributed by atoms with Crippen LogP contribution in [0, 0.1) is 0 Å². The molecule has 3 aromatic rings. The number of unbranched alkanes of at least 4 members (excludes halogenated alkanes) is 1. The van der Waals surface area contributed by atoms with Crippen LogP contribution in [0.15, 0.2) is 72.8 Å². The van der Waals surface area contributed by atoms with Crippen LogP contribution in [0.3, 0.4) is 0 Å².